The number of imidazole rings is 1. The maximum atomic E-state index is 13.3. The van der Waals surface area contributed by atoms with Crippen LogP contribution in [0, 0.1) is 0 Å². The Morgan fingerprint density at radius 2 is 2.25 bits per heavy atom. The van der Waals surface area contributed by atoms with E-state index in [1.165, 1.54) is 0 Å². The van der Waals surface area contributed by atoms with Gasteiger partial charge in [0.2, 0.25) is 0 Å². The van der Waals surface area contributed by atoms with Crippen molar-refractivity contribution in [1.29, 1.82) is 0 Å². The van der Waals surface area contributed by atoms with Gasteiger partial charge in [0.05, 0.1) is 17.4 Å². The van der Waals surface area contributed by atoms with Gasteiger partial charge in [0.25, 0.3) is 5.56 Å². The second-order valence-electron chi connectivity index (χ2n) is 4.97. The van der Waals surface area contributed by atoms with Crippen molar-refractivity contribution in [2.45, 2.75) is 58.6 Å². The normalized spacial score (nSPS) is 25.4. The monoisotopic (exact) mass is 354 g/mol. The lowest BCUT2D eigenvalue weighted by molar-refractivity contribution is 0.0678. The van der Waals surface area contributed by atoms with Gasteiger partial charge in [-0.2, -0.15) is 0 Å². The van der Waals surface area contributed by atoms with Gasteiger partial charge < -0.3 is 14.4 Å². The molecule has 0 fully saturated rings. The van der Waals surface area contributed by atoms with Crippen LogP contribution in [0.25, 0.3) is 11.2 Å². The van der Waals surface area contributed by atoms with Gasteiger partial charge in [-0.15, -0.1) is 0 Å². The van der Waals surface area contributed by atoms with Gasteiger partial charge in [-0.25, -0.2) is 9.78 Å². The third-order valence-corrected chi connectivity index (χ3v) is 3.20. The number of rotatable bonds is 8. The smallest absolute Gasteiger partial charge is 0.332 e. The van der Waals surface area contributed by atoms with E-state index in [0.717, 1.165) is 0 Å². The third kappa shape index (κ3) is 3.93. The number of aromatic nitrogens is 4. The first-order valence-corrected chi connectivity index (χ1v) is 6.77. The van der Waals surface area contributed by atoms with Crippen molar-refractivity contribution in [3.05, 3.63) is 27.2 Å². The van der Waals surface area contributed by atoms with Crippen LogP contribution in [0.15, 0.2) is 15.9 Å². The van der Waals surface area contributed by atoms with Crippen LogP contribution in [0.5, 0.6) is 0 Å². The predicted molar refractivity (Wildman–Crippen MR) is 91.0 cm³/mol. The average molecular weight is 355 g/mol. The molecule has 0 amide bonds. The average Bonchev–Trinajstić information content (AvgIpc) is 3.14. The molecular formula is C16H26N4O4. The van der Waals surface area contributed by atoms with Crippen molar-refractivity contribution in [1.82, 2.24) is 18.7 Å². The van der Waals surface area contributed by atoms with E-state index >= 15 is 0 Å². The summed E-state index contributed by atoms with van der Waals surface area (Å²) < 4.78 is 125. The molecule has 0 aliphatic heterocycles. The van der Waals surface area contributed by atoms with Crippen LogP contribution in [0.4, 0.5) is 0 Å². The molecule has 24 heavy (non-hydrogen) atoms. The molecule has 0 saturated carbocycles. The number of aliphatic hydroxyl groups is 1. The highest BCUT2D eigenvalue weighted by Gasteiger charge is 2.16. The van der Waals surface area contributed by atoms with Crippen LogP contribution < -0.4 is 11.2 Å². The molecule has 2 heterocycles. The van der Waals surface area contributed by atoms with Crippen LogP contribution in [0.3, 0.4) is 0 Å². The zero-order valence-electron chi connectivity index (χ0n) is 28.4. The standard InChI is InChI=1S/C16H26N4O4/c1-5-24-11-19-10-17-13-12(19)14(21)20(15(22)18(13)4)9-7-6-8-16(2,3)23/h10,23H,5-9,11H2,1-4H3/i1D3,2D3,3D3,4D3,5D2,11D2. The molecule has 0 saturated heterocycles. The Morgan fingerprint density at radius 1 is 1.42 bits per heavy atom. The fourth-order valence-electron chi connectivity index (χ4n) is 2.12. The molecule has 0 aromatic carbocycles. The molecule has 0 aliphatic rings. The minimum Gasteiger partial charge on any atom is -0.390 e. The zero-order chi connectivity index (χ0) is 31.5. The maximum absolute atomic E-state index is 13.3. The molecule has 1 N–H and O–H groups in total. The molecular weight excluding hydrogens is 312 g/mol. The summed E-state index contributed by atoms with van der Waals surface area (Å²) in [7, 11) is 0. The fourth-order valence-corrected chi connectivity index (χ4v) is 2.12. The quantitative estimate of drug-likeness (QED) is 0.709. The summed E-state index contributed by atoms with van der Waals surface area (Å²) in [5.41, 5.74) is -7.68. The summed E-state index contributed by atoms with van der Waals surface area (Å²) in [4.78, 5) is 29.9. The molecule has 8 heteroatoms. The SMILES string of the molecule is [2H]C([2H])([2H])n1c(=O)n(CCCCC(O)(C([2H])([2H])[2H])C([2H])([2H])[2H])c(=O)c2c1ncn2C([2H])([2H])OC([2H])([2H])C([2H])([2H])[2H]. The highest BCUT2D eigenvalue weighted by atomic mass is 16.5. The first-order chi connectivity index (χ1) is 17.6. The molecule has 134 valence electrons. The van der Waals surface area contributed by atoms with Crippen molar-refractivity contribution in [2.75, 3.05) is 6.56 Å². The second kappa shape index (κ2) is 7.31. The van der Waals surface area contributed by atoms with E-state index in [-0.39, 0.29) is 22.0 Å². The summed E-state index contributed by atoms with van der Waals surface area (Å²) in [6.45, 7) is -21.1. The van der Waals surface area contributed by atoms with Crippen LogP contribution in [0.2, 0.25) is 0 Å². The molecule has 0 spiro atoms. The molecule has 0 bridgehead atoms. The Kier molecular flexibility index (Phi) is 1.96. The molecule has 0 atom stereocenters. The van der Waals surface area contributed by atoms with Gasteiger partial charge in [-0.05, 0) is 39.8 Å². The third-order valence-electron chi connectivity index (χ3n) is 3.20. The van der Waals surface area contributed by atoms with Crippen LogP contribution in [0.1, 0.15) is 61.8 Å². The summed E-state index contributed by atoms with van der Waals surface area (Å²) in [5, 5.41) is 10.4. The lowest BCUT2D eigenvalue weighted by atomic mass is 10.0. The molecule has 2 aromatic heterocycles. The Balaban J connectivity index is 2.62. The topological polar surface area (TPSA) is 91.3 Å². The fraction of sp³-hybridized carbons (Fsp3) is 0.688. The van der Waals surface area contributed by atoms with E-state index in [0.29, 0.717) is 10.9 Å². The molecule has 0 unspecified atom stereocenters. The molecule has 8 nitrogen and oxygen atoms in total. The zero-order valence-corrected chi connectivity index (χ0v) is 12.4. The molecule has 0 radical (unpaired) electrons. The Bertz CT molecular complexity index is 1330. The first kappa shape index (κ1) is 6.42. The number of fused-ring (bicyclic) bond motifs is 1. The van der Waals surface area contributed by atoms with Gasteiger partial charge in [-0.1, -0.05) is 0 Å². The molecule has 0 aliphatic carbocycles. The summed E-state index contributed by atoms with van der Waals surface area (Å²) in [5.74, 6) is 0. The van der Waals surface area contributed by atoms with Crippen molar-refractivity contribution < 1.29 is 31.8 Å². The highest BCUT2D eigenvalue weighted by Crippen LogP contribution is 2.12. The summed E-state index contributed by atoms with van der Waals surface area (Å²) >= 11 is 0. The van der Waals surface area contributed by atoms with Crippen LogP contribution in [-0.2, 0) is 24.9 Å². The minimum atomic E-state index is -3.59. The Hall–Kier alpha value is -1.93. The minimum absolute atomic E-state index is 0.0654. The number of nitrogens with zero attached hydrogens (tertiary/aromatic N) is 4. The van der Waals surface area contributed by atoms with Gasteiger partial charge in [0, 0.05) is 36.5 Å². The maximum Gasteiger partial charge on any atom is 0.332 e. The predicted octanol–water partition coefficient (Wildman–Crippen LogP) is 0.832. The van der Waals surface area contributed by atoms with Gasteiger partial charge >= 0.3 is 5.69 Å². The van der Waals surface area contributed by atoms with E-state index < -0.39 is 81.8 Å². The van der Waals surface area contributed by atoms with E-state index in [4.69, 9.17) is 21.9 Å². The Labute approximate surface area is 162 Å². The van der Waals surface area contributed by atoms with E-state index in [1.54, 1.807) is 0 Å². The lowest BCUT2D eigenvalue weighted by Crippen LogP contribution is -2.39. The van der Waals surface area contributed by atoms with Crippen molar-refractivity contribution in [3.63, 3.8) is 0 Å². The first-order valence-electron chi connectivity index (χ1n) is 14.8. The Morgan fingerprint density at radius 3 is 2.96 bits per heavy atom. The lowest BCUT2D eigenvalue weighted by Gasteiger charge is -2.16. The highest BCUT2D eigenvalue weighted by molar-refractivity contribution is 5.69. The van der Waals surface area contributed by atoms with E-state index in [1.807, 2.05) is 0 Å². The molecule has 2 rings (SSSR count). The van der Waals surface area contributed by atoms with Gasteiger partial charge in [0.15, 0.2) is 11.2 Å². The van der Waals surface area contributed by atoms with Gasteiger partial charge in [-0.3, -0.25) is 13.9 Å². The molecule has 2 aromatic rings. The second-order valence-corrected chi connectivity index (χ2v) is 4.97. The number of ether oxygens (including phenoxy) is 1. The van der Waals surface area contributed by atoms with Crippen molar-refractivity contribution in [2.24, 2.45) is 6.98 Å². The number of hydrogen-bond acceptors (Lipinski definition) is 5. The van der Waals surface area contributed by atoms with Gasteiger partial charge in [0.1, 0.15) is 6.68 Å². The van der Waals surface area contributed by atoms with Crippen LogP contribution in [-0.4, -0.2) is 36.0 Å². The van der Waals surface area contributed by atoms with E-state index in [9.17, 15) is 14.7 Å². The number of aryl methyl sites for hydroxylation is 1. The van der Waals surface area contributed by atoms with Crippen LogP contribution >= 0.6 is 0 Å². The van der Waals surface area contributed by atoms with Crippen molar-refractivity contribution >= 4 is 11.2 Å². The largest absolute Gasteiger partial charge is 0.390 e. The van der Waals surface area contributed by atoms with E-state index in [2.05, 4.69) is 9.72 Å². The number of unbranched alkanes of at least 4 members (excludes halogenated alkanes) is 1. The summed E-state index contributed by atoms with van der Waals surface area (Å²) in [6, 6.07) is 0. The van der Waals surface area contributed by atoms with Crippen molar-refractivity contribution in [3.8, 4) is 0 Å². The number of hydrogen-bond donors (Lipinski definition) is 1. The summed E-state index contributed by atoms with van der Waals surface area (Å²) in [6.07, 6.45) is -0.994.